The zero-order valence-corrected chi connectivity index (χ0v) is 18.4. The Morgan fingerprint density at radius 2 is 1.82 bits per heavy atom. The molecule has 1 saturated heterocycles. The maximum Gasteiger partial charge on any atom is 0.296 e. The molecule has 0 spiro atoms. The summed E-state index contributed by atoms with van der Waals surface area (Å²) in [7, 11) is 0. The highest BCUT2D eigenvalue weighted by Gasteiger charge is 2.47. The smallest absolute Gasteiger partial charge is 0.296 e. The van der Waals surface area contributed by atoms with Gasteiger partial charge >= 0.3 is 0 Å². The number of Topliss-reactive ketones (excluding diaryl/α,β-unsaturated/α-hetero) is 1. The molecule has 6 heteroatoms. The average molecular weight is 437 g/mol. The van der Waals surface area contributed by atoms with Crippen molar-refractivity contribution in [2.45, 2.75) is 26.4 Å². The van der Waals surface area contributed by atoms with Gasteiger partial charge in [-0.15, -0.1) is 0 Å². The van der Waals surface area contributed by atoms with Crippen LogP contribution in [0, 0.1) is 13.8 Å². The van der Waals surface area contributed by atoms with Gasteiger partial charge in [0.25, 0.3) is 11.7 Å². The summed E-state index contributed by atoms with van der Waals surface area (Å²) < 4.78 is 0. The highest BCUT2D eigenvalue weighted by Crippen LogP contribution is 2.42. The van der Waals surface area contributed by atoms with Gasteiger partial charge in [-0.1, -0.05) is 36.4 Å². The summed E-state index contributed by atoms with van der Waals surface area (Å²) in [6, 6.07) is 17.9. The van der Waals surface area contributed by atoms with E-state index in [-0.39, 0.29) is 17.9 Å². The summed E-state index contributed by atoms with van der Waals surface area (Å²) in [5, 5.41) is 12.2. The van der Waals surface area contributed by atoms with E-state index in [4.69, 9.17) is 0 Å². The first-order valence-electron chi connectivity index (χ1n) is 10.8. The van der Waals surface area contributed by atoms with E-state index in [2.05, 4.69) is 9.97 Å². The number of fused-ring (bicyclic) bond motifs is 1. The second-order valence-corrected chi connectivity index (χ2v) is 8.34. The number of carbonyl (C=O) groups is 2. The van der Waals surface area contributed by atoms with Gasteiger partial charge in [-0.3, -0.25) is 14.6 Å². The van der Waals surface area contributed by atoms with E-state index in [0.29, 0.717) is 11.3 Å². The first-order chi connectivity index (χ1) is 16.0. The zero-order chi connectivity index (χ0) is 23.1. The minimum atomic E-state index is -0.746. The number of aromatic amines is 1. The van der Waals surface area contributed by atoms with Crippen LogP contribution in [0.2, 0.25) is 0 Å². The molecule has 4 aromatic rings. The van der Waals surface area contributed by atoms with E-state index < -0.39 is 17.7 Å². The van der Waals surface area contributed by atoms with Gasteiger partial charge in [0.2, 0.25) is 0 Å². The minimum Gasteiger partial charge on any atom is -0.507 e. The highest BCUT2D eigenvalue weighted by atomic mass is 16.3. The number of carbonyl (C=O) groups excluding carboxylic acids is 2. The van der Waals surface area contributed by atoms with Gasteiger partial charge in [0.15, 0.2) is 0 Å². The number of aliphatic hydroxyl groups is 1. The van der Waals surface area contributed by atoms with E-state index in [1.165, 1.54) is 4.90 Å². The molecule has 0 radical (unpaired) electrons. The van der Waals surface area contributed by atoms with E-state index >= 15 is 0 Å². The van der Waals surface area contributed by atoms with Crippen LogP contribution in [0.1, 0.15) is 34.0 Å². The normalized spacial score (nSPS) is 17.8. The number of pyridine rings is 1. The van der Waals surface area contributed by atoms with Crippen LogP contribution < -0.4 is 0 Å². The highest BCUT2D eigenvalue weighted by molar-refractivity contribution is 6.46. The van der Waals surface area contributed by atoms with Crippen LogP contribution in [-0.4, -0.2) is 31.7 Å². The van der Waals surface area contributed by atoms with E-state index in [9.17, 15) is 14.7 Å². The number of nitrogens with zero attached hydrogens (tertiary/aromatic N) is 2. The number of nitrogens with one attached hydrogen (secondary N) is 1. The molecule has 1 atom stereocenters. The SMILES string of the molecule is Cc1ccc(/C(O)=C2\C(=O)C(=O)N(Cc3ccccn3)C2c2c[nH]c3ccccc23)cc1C. The Morgan fingerprint density at radius 3 is 2.58 bits per heavy atom. The number of aromatic nitrogens is 2. The molecule has 33 heavy (non-hydrogen) atoms. The maximum absolute atomic E-state index is 13.3. The van der Waals surface area contributed by atoms with Gasteiger partial charge in [0.05, 0.1) is 23.9 Å². The third kappa shape index (κ3) is 3.49. The molecule has 1 fully saturated rings. The van der Waals surface area contributed by atoms with Crippen molar-refractivity contribution >= 4 is 28.4 Å². The minimum absolute atomic E-state index is 0.0870. The van der Waals surface area contributed by atoms with Crippen molar-refractivity contribution in [3.05, 3.63) is 107 Å². The van der Waals surface area contributed by atoms with Gasteiger partial charge < -0.3 is 15.0 Å². The monoisotopic (exact) mass is 437 g/mol. The molecule has 1 aliphatic heterocycles. The molecular formula is C27H23N3O3. The largest absolute Gasteiger partial charge is 0.507 e. The van der Waals surface area contributed by atoms with Crippen molar-refractivity contribution in [1.29, 1.82) is 0 Å². The van der Waals surface area contributed by atoms with Crippen molar-refractivity contribution in [3.8, 4) is 0 Å². The van der Waals surface area contributed by atoms with Gasteiger partial charge in [-0.05, 0) is 49.2 Å². The van der Waals surface area contributed by atoms with E-state index in [0.717, 1.165) is 27.6 Å². The summed E-state index contributed by atoms with van der Waals surface area (Å²) in [6.07, 6.45) is 3.46. The summed E-state index contributed by atoms with van der Waals surface area (Å²) in [5.41, 5.74) is 4.98. The Hall–Kier alpha value is -4.19. The molecular weight excluding hydrogens is 414 g/mol. The first-order valence-corrected chi connectivity index (χ1v) is 10.8. The number of rotatable bonds is 4. The molecule has 3 heterocycles. The fourth-order valence-electron chi connectivity index (χ4n) is 4.40. The quantitative estimate of drug-likeness (QED) is 0.273. The molecule has 164 valence electrons. The molecule has 2 aromatic carbocycles. The van der Waals surface area contributed by atoms with E-state index in [1.807, 2.05) is 62.4 Å². The number of aliphatic hydroxyl groups excluding tert-OH is 1. The molecule has 2 aromatic heterocycles. The Bertz CT molecular complexity index is 1420. The average Bonchev–Trinajstić information content (AvgIpc) is 3.35. The number of para-hydroxylation sites is 1. The van der Waals surface area contributed by atoms with Crippen LogP contribution in [-0.2, 0) is 16.1 Å². The lowest BCUT2D eigenvalue weighted by molar-refractivity contribution is -0.140. The van der Waals surface area contributed by atoms with Crippen LogP contribution in [0.4, 0.5) is 0 Å². The third-order valence-corrected chi connectivity index (χ3v) is 6.29. The second-order valence-electron chi connectivity index (χ2n) is 8.34. The van der Waals surface area contributed by atoms with Crippen LogP contribution in [0.3, 0.4) is 0 Å². The zero-order valence-electron chi connectivity index (χ0n) is 18.4. The third-order valence-electron chi connectivity index (χ3n) is 6.29. The summed E-state index contributed by atoms with van der Waals surface area (Å²) in [6.45, 7) is 4.08. The number of hydrogen-bond acceptors (Lipinski definition) is 4. The number of amides is 1. The van der Waals surface area contributed by atoms with Gasteiger partial charge in [0, 0.05) is 34.4 Å². The Balaban J connectivity index is 1.72. The van der Waals surface area contributed by atoms with Gasteiger partial charge in [0.1, 0.15) is 5.76 Å². The van der Waals surface area contributed by atoms with Crippen molar-refractivity contribution in [1.82, 2.24) is 14.9 Å². The van der Waals surface area contributed by atoms with Crippen LogP contribution >= 0.6 is 0 Å². The predicted octanol–water partition coefficient (Wildman–Crippen LogP) is 4.80. The number of H-pyrrole nitrogens is 1. The van der Waals surface area contributed by atoms with E-state index in [1.54, 1.807) is 24.5 Å². The summed E-state index contributed by atoms with van der Waals surface area (Å²) >= 11 is 0. The fraction of sp³-hybridized carbons (Fsp3) is 0.148. The topological polar surface area (TPSA) is 86.3 Å². The van der Waals surface area contributed by atoms with Gasteiger partial charge in [-0.2, -0.15) is 0 Å². The van der Waals surface area contributed by atoms with Crippen molar-refractivity contribution in [2.24, 2.45) is 0 Å². The molecule has 1 aliphatic rings. The van der Waals surface area contributed by atoms with Crippen LogP contribution in [0.25, 0.3) is 16.7 Å². The Labute approximate surface area is 191 Å². The Morgan fingerprint density at radius 1 is 1.03 bits per heavy atom. The molecule has 0 bridgehead atoms. The molecule has 0 saturated carbocycles. The molecule has 0 aliphatic carbocycles. The lowest BCUT2D eigenvalue weighted by Gasteiger charge is -2.24. The Kier molecular flexibility index (Phi) is 5.05. The summed E-state index contributed by atoms with van der Waals surface area (Å²) in [4.78, 5) is 35.5. The molecule has 1 amide bonds. The molecule has 1 unspecified atom stereocenters. The number of benzene rings is 2. The lowest BCUT2D eigenvalue weighted by atomic mass is 9.94. The number of likely N-dealkylation sites (tertiary alicyclic amines) is 1. The number of aryl methyl sites for hydroxylation is 2. The summed E-state index contributed by atoms with van der Waals surface area (Å²) in [5.74, 6) is -1.52. The number of hydrogen-bond donors (Lipinski definition) is 2. The molecule has 6 nitrogen and oxygen atoms in total. The molecule has 2 N–H and O–H groups in total. The van der Waals surface area contributed by atoms with Crippen LogP contribution in [0.5, 0.6) is 0 Å². The van der Waals surface area contributed by atoms with Crippen molar-refractivity contribution in [3.63, 3.8) is 0 Å². The number of ketones is 1. The second kappa shape index (κ2) is 8.06. The van der Waals surface area contributed by atoms with Gasteiger partial charge in [-0.25, -0.2) is 0 Å². The standard InChI is InChI=1S/C27H23N3O3/c1-16-10-11-18(13-17(16)2)25(31)23-24(21-14-29-22-9-4-3-8-20(21)22)30(27(33)26(23)32)15-19-7-5-6-12-28-19/h3-14,24,29,31H,15H2,1-2H3/b25-23+. The van der Waals surface area contributed by atoms with Crippen molar-refractivity contribution < 1.29 is 14.7 Å². The maximum atomic E-state index is 13.3. The first kappa shape index (κ1) is 20.7. The molecule has 5 rings (SSSR count). The lowest BCUT2D eigenvalue weighted by Crippen LogP contribution is -2.29. The predicted molar refractivity (Wildman–Crippen MR) is 126 cm³/mol. The fourth-order valence-corrected chi connectivity index (χ4v) is 4.40. The van der Waals surface area contributed by atoms with Crippen molar-refractivity contribution in [2.75, 3.05) is 0 Å². The van der Waals surface area contributed by atoms with Crippen LogP contribution in [0.15, 0.2) is 78.6 Å².